The molecule has 3 N–H and O–H groups in total. The number of piperidine rings is 1. The van der Waals surface area contributed by atoms with Crippen molar-refractivity contribution < 1.29 is 31.7 Å². The number of rotatable bonds is 7. The first-order chi connectivity index (χ1) is 13.8. The number of carbonyl (C=O) groups is 2. The zero-order chi connectivity index (χ0) is 20.6. The van der Waals surface area contributed by atoms with Crippen LogP contribution in [0.1, 0.15) is 25.3 Å². The first kappa shape index (κ1) is 20.0. The quantitative estimate of drug-likeness (QED) is 0.332. The summed E-state index contributed by atoms with van der Waals surface area (Å²) in [6.07, 6.45) is 4.82. The maximum absolute atomic E-state index is 12.4. The van der Waals surface area contributed by atoms with E-state index in [0.29, 0.717) is 24.4 Å². The summed E-state index contributed by atoms with van der Waals surface area (Å²) in [5.41, 5.74) is 2.36. The SMILES string of the molecule is O=C(NOC[C@@H]1C[C@@H](n2ccnn2)CN1)C1CCC2CN1C(=O)N2OS(=O)(=O)O. The fourth-order valence-electron chi connectivity index (χ4n) is 3.92. The average Bonchev–Trinajstić information content (AvgIpc) is 3.39. The van der Waals surface area contributed by atoms with Crippen LogP contribution in [0.25, 0.3) is 0 Å². The number of hydrogen-bond donors (Lipinski definition) is 3. The largest absolute Gasteiger partial charge is 0.418 e. The molecule has 0 aliphatic carbocycles. The Morgan fingerprint density at radius 2 is 2.21 bits per heavy atom. The summed E-state index contributed by atoms with van der Waals surface area (Å²) >= 11 is 0. The molecular formula is C14H21N7O7S. The number of fused-ring (bicyclic) bond motifs is 2. The Hall–Kier alpha value is -2.33. The van der Waals surface area contributed by atoms with Crippen LogP contribution < -0.4 is 10.8 Å². The highest BCUT2D eigenvalue weighted by molar-refractivity contribution is 7.80. The molecule has 3 aliphatic heterocycles. The smallest absolute Gasteiger partial charge is 0.309 e. The third kappa shape index (κ3) is 4.32. The van der Waals surface area contributed by atoms with E-state index in [0.717, 1.165) is 6.42 Å². The van der Waals surface area contributed by atoms with Crippen LogP contribution >= 0.6 is 0 Å². The molecule has 2 bridgehead atoms. The highest BCUT2D eigenvalue weighted by Gasteiger charge is 2.49. The Labute approximate surface area is 166 Å². The molecule has 14 nitrogen and oxygen atoms in total. The van der Waals surface area contributed by atoms with E-state index in [1.54, 1.807) is 17.1 Å². The van der Waals surface area contributed by atoms with Gasteiger partial charge in [0.05, 0.1) is 24.9 Å². The van der Waals surface area contributed by atoms with Gasteiger partial charge in [-0.3, -0.25) is 14.2 Å². The number of carbonyl (C=O) groups excluding carboxylic acids is 2. The molecule has 4 heterocycles. The Morgan fingerprint density at radius 1 is 1.38 bits per heavy atom. The Kier molecular flexibility index (Phi) is 5.39. The molecule has 0 spiro atoms. The maximum Gasteiger partial charge on any atom is 0.418 e. The molecule has 0 radical (unpaired) electrons. The first-order valence-corrected chi connectivity index (χ1v) is 10.5. The van der Waals surface area contributed by atoms with Crippen LogP contribution in [0, 0.1) is 0 Å². The summed E-state index contributed by atoms with van der Waals surface area (Å²) in [6, 6.07) is -1.97. The number of urea groups is 1. The number of aromatic nitrogens is 3. The van der Waals surface area contributed by atoms with Crippen LogP contribution in [0.3, 0.4) is 0 Å². The van der Waals surface area contributed by atoms with Crippen LogP contribution in [0.2, 0.25) is 0 Å². The van der Waals surface area contributed by atoms with Gasteiger partial charge in [-0.15, -0.1) is 9.38 Å². The Bertz CT molecular complexity index is 864. The Balaban J connectivity index is 1.25. The van der Waals surface area contributed by atoms with E-state index in [9.17, 15) is 18.0 Å². The van der Waals surface area contributed by atoms with E-state index in [2.05, 4.69) is 25.4 Å². The summed E-state index contributed by atoms with van der Waals surface area (Å²) in [7, 11) is -4.83. The number of hydrogen-bond acceptors (Lipinski definition) is 9. The second kappa shape index (κ2) is 7.83. The van der Waals surface area contributed by atoms with Crippen molar-refractivity contribution in [2.24, 2.45) is 0 Å². The van der Waals surface area contributed by atoms with E-state index in [1.807, 2.05) is 0 Å². The van der Waals surface area contributed by atoms with Gasteiger partial charge in [0.2, 0.25) is 0 Å². The van der Waals surface area contributed by atoms with Crippen molar-refractivity contribution in [1.29, 1.82) is 0 Å². The van der Waals surface area contributed by atoms with Crippen molar-refractivity contribution in [2.45, 2.75) is 43.4 Å². The summed E-state index contributed by atoms with van der Waals surface area (Å²) in [4.78, 5) is 31.3. The Morgan fingerprint density at radius 3 is 2.93 bits per heavy atom. The molecule has 3 amide bonds. The van der Waals surface area contributed by atoms with Gasteiger partial charge < -0.3 is 10.2 Å². The van der Waals surface area contributed by atoms with Gasteiger partial charge in [0.15, 0.2) is 0 Å². The van der Waals surface area contributed by atoms with Crippen molar-refractivity contribution in [1.82, 2.24) is 35.8 Å². The molecule has 160 valence electrons. The van der Waals surface area contributed by atoms with E-state index in [4.69, 9.17) is 9.39 Å². The van der Waals surface area contributed by atoms with Gasteiger partial charge in [-0.2, -0.15) is 13.5 Å². The van der Waals surface area contributed by atoms with Gasteiger partial charge >= 0.3 is 16.4 Å². The zero-order valence-corrected chi connectivity index (χ0v) is 16.1. The molecule has 3 saturated heterocycles. The van der Waals surface area contributed by atoms with Crippen molar-refractivity contribution in [2.75, 3.05) is 19.7 Å². The summed E-state index contributed by atoms with van der Waals surface area (Å²) in [5, 5.41) is 11.6. The van der Waals surface area contributed by atoms with Crippen LogP contribution in [-0.4, -0.2) is 87.7 Å². The van der Waals surface area contributed by atoms with Gasteiger partial charge in [0, 0.05) is 25.3 Å². The highest BCUT2D eigenvalue weighted by atomic mass is 32.3. The number of nitrogens with one attached hydrogen (secondary N) is 2. The van der Waals surface area contributed by atoms with Crippen molar-refractivity contribution in [3.05, 3.63) is 12.4 Å². The molecule has 4 atom stereocenters. The molecule has 3 fully saturated rings. The summed E-state index contributed by atoms with van der Waals surface area (Å²) < 4.78 is 36.7. The third-order valence-corrected chi connectivity index (χ3v) is 5.62. The van der Waals surface area contributed by atoms with Gasteiger partial charge in [-0.25, -0.2) is 15.0 Å². The number of nitrogens with zero attached hydrogens (tertiary/aromatic N) is 5. The van der Waals surface area contributed by atoms with Gasteiger partial charge in [-0.05, 0) is 19.3 Å². The predicted octanol–water partition coefficient (Wildman–Crippen LogP) is -1.77. The first-order valence-electron chi connectivity index (χ1n) is 9.09. The predicted molar refractivity (Wildman–Crippen MR) is 92.9 cm³/mol. The molecular weight excluding hydrogens is 410 g/mol. The second-order valence-electron chi connectivity index (χ2n) is 7.17. The normalized spacial score (nSPS) is 29.5. The average molecular weight is 431 g/mol. The standard InChI is InChI=1S/C14H21N7O7S/c22-13(17-27-8-9-5-11(6-15-9)20-4-3-16-18-20)12-2-1-10-7-19(12)14(23)21(10)28-29(24,25)26/h3-4,9-12,15H,1-2,5-8H2,(H,17,22)(H,24,25,26)/t9-,10?,11+,12?/m0/s1. The van der Waals surface area contributed by atoms with Gasteiger partial charge in [0.1, 0.15) is 6.04 Å². The monoisotopic (exact) mass is 431 g/mol. The minimum atomic E-state index is -4.83. The van der Waals surface area contributed by atoms with Crippen LogP contribution in [0.5, 0.6) is 0 Å². The molecule has 3 aliphatic rings. The number of hydroxylamine groups is 3. The molecule has 1 aromatic heterocycles. The van der Waals surface area contributed by atoms with Gasteiger partial charge in [-0.1, -0.05) is 5.21 Å². The third-order valence-electron chi connectivity index (χ3n) is 5.27. The lowest BCUT2D eigenvalue weighted by atomic mass is 10.0. The van der Waals surface area contributed by atoms with Crippen LogP contribution in [0.4, 0.5) is 4.79 Å². The molecule has 1 aromatic rings. The topological polar surface area (TPSA) is 168 Å². The lowest BCUT2D eigenvalue weighted by Crippen LogP contribution is -2.50. The summed E-state index contributed by atoms with van der Waals surface area (Å²) in [5.74, 6) is -0.503. The molecule has 0 saturated carbocycles. The lowest BCUT2D eigenvalue weighted by molar-refractivity contribution is -0.139. The van der Waals surface area contributed by atoms with E-state index in [-0.39, 0.29) is 25.2 Å². The molecule has 4 rings (SSSR count). The second-order valence-corrected chi connectivity index (χ2v) is 8.17. The lowest BCUT2D eigenvalue weighted by Gasteiger charge is -2.29. The van der Waals surface area contributed by atoms with E-state index in [1.165, 1.54) is 4.90 Å². The van der Waals surface area contributed by atoms with Gasteiger partial charge in [0.25, 0.3) is 5.91 Å². The van der Waals surface area contributed by atoms with Crippen molar-refractivity contribution in [3.8, 4) is 0 Å². The molecule has 29 heavy (non-hydrogen) atoms. The maximum atomic E-state index is 12.4. The molecule has 0 aromatic carbocycles. The van der Waals surface area contributed by atoms with E-state index >= 15 is 0 Å². The molecule has 15 heteroatoms. The van der Waals surface area contributed by atoms with Crippen molar-refractivity contribution >= 4 is 22.3 Å². The minimum absolute atomic E-state index is 0.0207. The van der Waals surface area contributed by atoms with E-state index < -0.39 is 34.4 Å². The van der Waals surface area contributed by atoms with Crippen molar-refractivity contribution in [3.63, 3.8) is 0 Å². The van der Waals surface area contributed by atoms with Crippen LogP contribution in [-0.2, 0) is 24.3 Å². The zero-order valence-electron chi connectivity index (χ0n) is 15.2. The highest BCUT2D eigenvalue weighted by Crippen LogP contribution is 2.30. The molecule has 2 unspecified atom stereocenters. The fourth-order valence-corrected chi connectivity index (χ4v) is 4.31. The number of amides is 3. The fraction of sp³-hybridized carbons (Fsp3) is 0.714. The van der Waals surface area contributed by atoms with Crippen LogP contribution in [0.15, 0.2) is 12.4 Å². The summed E-state index contributed by atoms with van der Waals surface area (Å²) in [6.45, 7) is 1.07. The minimum Gasteiger partial charge on any atom is -0.309 e.